The van der Waals surface area contributed by atoms with Crippen LogP contribution in [0, 0.1) is 10.1 Å². The Morgan fingerprint density at radius 1 is 1.58 bits per heavy atom. The summed E-state index contributed by atoms with van der Waals surface area (Å²) in [4.78, 5) is 25.6. The lowest BCUT2D eigenvalue weighted by molar-refractivity contribution is -0.386. The Bertz CT molecular complexity index is 570. The molecule has 1 unspecified atom stereocenters. The van der Waals surface area contributed by atoms with E-state index in [1.54, 1.807) is 0 Å². The van der Waals surface area contributed by atoms with Crippen molar-refractivity contribution in [3.63, 3.8) is 0 Å². The van der Waals surface area contributed by atoms with Gasteiger partial charge in [-0.15, -0.1) is 0 Å². The molecule has 1 aliphatic heterocycles. The monoisotopic (exact) mass is 266 g/mol. The smallest absolute Gasteiger partial charge is 0.384 e. The number of rotatable bonds is 3. The number of carbonyl (C=O) groups is 1. The summed E-state index contributed by atoms with van der Waals surface area (Å²) in [6.07, 6.45) is -0.208. The maximum atomic E-state index is 11.5. The van der Waals surface area contributed by atoms with E-state index in [0.717, 1.165) is 0 Å². The number of nitrogens with zero attached hydrogens (tertiary/aromatic N) is 2. The highest BCUT2D eigenvalue weighted by molar-refractivity contribution is 5.88. The molecule has 8 nitrogen and oxygen atoms in total. The van der Waals surface area contributed by atoms with E-state index in [2.05, 4.69) is 4.99 Å². The molecule has 0 fully saturated rings. The van der Waals surface area contributed by atoms with Crippen LogP contribution >= 0.6 is 0 Å². The molecule has 0 aliphatic carbocycles. The van der Waals surface area contributed by atoms with Gasteiger partial charge in [0.25, 0.3) is 5.69 Å². The van der Waals surface area contributed by atoms with E-state index >= 15 is 0 Å². The minimum Gasteiger partial charge on any atom is -0.479 e. The minimum absolute atomic E-state index is 0.0421. The van der Waals surface area contributed by atoms with Gasteiger partial charge >= 0.3 is 12.1 Å². The Hall–Kier alpha value is -2.64. The van der Waals surface area contributed by atoms with Gasteiger partial charge in [0.1, 0.15) is 6.61 Å². The minimum atomic E-state index is -1.85. The van der Waals surface area contributed by atoms with E-state index in [9.17, 15) is 20.0 Å². The fourth-order valence-electron chi connectivity index (χ4n) is 1.84. The predicted octanol–water partition coefficient (Wildman–Crippen LogP) is 0.907. The quantitative estimate of drug-likeness (QED) is 0.642. The number of hydrogen-bond acceptors (Lipinski definition) is 6. The van der Waals surface area contributed by atoms with Gasteiger partial charge in [0.05, 0.1) is 17.6 Å². The molecule has 1 atom stereocenters. The number of carboxylic acids is 1. The Morgan fingerprint density at radius 2 is 2.26 bits per heavy atom. The molecule has 0 bridgehead atoms. The van der Waals surface area contributed by atoms with Gasteiger partial charge in [-0.05, 0) is 6.07 Å². The largest absolute Gasteiger partial charge is 0.479 e. The number of aliphatic imine (C=N–C) groups is 1. The van der Waals surface area contributed by atoms with E-state index in [0.29, 0.717) is 0 Å². The predicted molar refractivity (Wildman–Crippen MR) is 62.8 cm³/mol. The number of aliphatic carboxylic acids is 1. The van der Waals surface area contributed by atoms with Gasteiger partial charge in [0.2, 0.25) is 5.54 Å². The lowest BCUT2D eigenvalue weighted by atomic mass is 9.90. The van der Waals surface area contributed by atoms with Crippen molar-refractivity contribution >= 4 is 17.7 Å². The Kier molecular flexibility index (Phi) is 3.07. The summed E-state index contributed by atoms with van der Waals surface area (Å²) in [6.45, 7) is -0.351. The first-order chi connectivity index (χ1) is 9.01. The maximum Gasteiger partial charge on any atom is 0.384 e. The van der Waals surface area contributed by atoms with Crippen LogP contribution in [0.25, 0.3) is 0 Å². The number of carboxylic acid groups (broad SMARTS) is 1. The normalized spacial score (nSPS) is 21.4. The molecule has 1 heterocycles. The standard InChI is InChI=1S/C11H10N2O6/c1-18-10-12-11(6-19-10,9(14)15)7-4-2-3-5-8(7)13(16)17/h2-5H,6H2,1H3,(H,14,15). The first kappa shape index (κ1) is 12.8. The fourth-order valence-corrected chi connectivity index (χ4v) is 1.84. The summed E-state index contributed by atoms with van der Waals surface area (Å²) in [7, 11) is 1.27. The second kappa shape index (κ2) is 4.56. The van der Waals surface area contributed by atoms with Gasteiger partial charge in [-0.1, -0.05) is 12.1 Å². The number of methoxy groups -OCH3 is 1. The Morgan fingerprint density at radius 3 is 2.79 bits per heavy atom. The van der Waals surface area contributed by atoms with Crippen molar-refractivity contribution in [2.75, 3.05) is 13.7 Å². The lowest BCUT2D eigenvalue weighted by Crippen LogP contribution is -2.36. The molecule has 1 aliphatic rings. The van der Waals surface area contributed by atoms with Gasteiger partial charge in [0.15, 0.2) is 0 Å². The molecule has 0 aromatic heterocycles. The first-order valence-electron chi connectivity index (χ1n) is 5.25. The third kappa shape index (κ3) is 1.96. The van der Waals surface area contributed by atoms with Gasteiger partial charge < -0.3 is 14.6 Å². The van der Waals surface area contributed by atoms with Crippen molar-refractivity contribution < 1.29 is 24.3 Å². The first-order valence-corrected chi connectivity index (χ1v) is 5.25. The Balaban J connectivity index is 2.63. The highest BCUT2D eigenvalue weighted by atomic mass is 16.7. The zero-order chi connectivity index (χ0) is 14.0. The number of nitro benzene ring substituents is 1. The molecule has 0 saturated carbocycles. The van der Waals surface area contributed by atoms with E-state index in [-0.39, 0.29) is 23.9 Å². The van der Waals surface area contributed by atoms with E-state index < -0.39 is 16.4 Å². The third-order valence-electron chi connectivity index (χ3n) is 2.76. The Labute approximate surface area is 107 Å². The molecule has 8 heteroatoms. The fraction of sp³-hybridized carbons (Fsp3) is 0.273. The zero-order valence-corrected chi connectivity index (χ0v) is 9.90. The number of ether oxygens (including phenoxy) is 2. The van der Waals surface area contributed by atoms with Gasteiger partial charge in [0, 0.05) is 6.07 Å². The maximum absolute atomic E-state index is 11.5. The molecule has 0 amide bonds. The van der Waals surface area contributed by atoms with Crippen molar-refractivity contribution in [1.82, 2.24) is 0 Å². The number of nitro groups is 1. The van der Waals surface area contributed by atoms with Gasteiger partial charge in [-0.3, -0.25) is 10.1 Å². The van der Waals surface area contributed by atoms with Crippen LogP contribution in [0.4, 0.5) is 5.69 Å². The summed E-state index contributed by atoms with van der Waals surface area (Å²) in [5.74, 6) is -1.34. The van der Waals surface area contributed by atoms with Crippen LogP contribution in [0.5, 0.6) is 0 Å². The van der Waals surface area contributed by atoms with Crippen LogP contribution in [0.3, 0.4) is 0 Å². The van der Waals surface area contributed by atoms with Crippen LogP contribution in [-0.2, 0) is 19.8 Å². The van der Waals surface area contributed by atoms with Crippen LogP contribution in [0.15, 0.2) is 29.3 Å². The second-order valence-corrected chi connectivity index (χ2v) is 3.81. The molecule has 19 heavy (non-hydrogen) atoms. The molecular formula is C11H10N2O6. The number of benzene rings is 1. The van der Waals surface area contributed by atoms with E-state index in [4.69, 9.17) is 9.47 Å². The SMILES string of the molecule is COC1=NC(C(=O)O)(c2ccccc2[N+](=O)[O-])CO1. The zero-order valence-electron chi connectivity index (χ0n) is 9.90. The van der Waals surface area contributed by atoms with Gasteiger partial charge in [-0.2, -0.15) is 4.99 Å². The average Bonchev–Trinajstić information content (AvgIpc) is 2.84. The van der Waals surface area contributed by atoms with Crippen LogP contribution in [-0.4, -0.2) is 35.8 Å². The van der Waals surface area contributed by atoms with E-state index in [1.165, 1.54) is 31.4 Å². The average molecular weight is 266 g/mol. The third-order valence-corrected chi connectivity index (χ3v) is 2.76. The van der Waals surface area contributed by atoms with Crippen molar-refractivity contribution in [2.45, 2.75) is 5.54 Å². The molecule has 1 N–H and O–H groups in total. The molecule has 0 saturated heterocycles. The number of para-hydroxylation sites is 1. The summed E-state index contributed by atoms with van der Waals surface area (Å²) >= 11 is 0. The molecule has 100 valence electrons. The highest BCUT2D eigenvalue weighted by Crippen LogP contribution is 2.37. The lowest BCUT2D eigenvalue weighted by Gasteiger charge is -2.18. The molecule has 2 rings (SSSR count). The van der Waals surface area contributed by atoms with Crippen molar-refractivity contribution in [1.29, 1.82) is 0 Å². The summed E-state index contributed by atoms with van der Waals surface area (Å²) in [6, 6.07) is 5.53. The van der Waals surface area contributed by atoms with E-state index in [1.807, 2.05) is 0 Å². The molecule has 0 spiro atoms. The van der Waals surface area contributed by atoms with Crippen LogP contribution in [0.1, 0.15) is 5.56 Å². The molecule has 1 aromatic rings. The van der Waals surface area contributed by atoms with Crippen LogP contribution in [0.2, 0.25) is 0 Å². The highest BCUT2D eigenvalue weighted by Gasteiger charge is 2.50. The number of hydrogen-bond donors (Lipinski definition) is 1. The second-order valence-electron chi connectivity index (χ2n) is 3.81. The summed E-state index contributed by atoms with van der Waals surface area (Å²) in [5.41, 5.74) is -2.22. The topological polar surface area (TPSA) is 111 Å². The van der Waals surface area contributed by atoms with Crippen LogP contribution < -0.4 is 0 Å². The van der Waals surface area contributed by atoms with Gasteiger partial charge in [-0.25, -0.2) is 4.79 Å². The summed E-state index contributed by atoms with van der Waals surface area (Å²) < 4.78 is 9.73. The van der Waals surface area contributed by atoms with Crippen molar-refractivity contribution in [2.24, 2.45) is 4.99 Å². The van der Waals surface area contributed by atoms with Crippen molar-refractivity contribution in [3.8, 4) is 0 Å². The molecule has 1 aromatic carbocycles. The molecule has 0 radical (unpaired) electrons. The summed E-state index contributed by atoms with van der Waals surface area (Å²) in [5, 5.41) is 20.4. The molecular weight excluding hydrogens is 256 g/mol. The van der Waals surface area contributed by atoms with Crippen molar-refractivity contribution in [3.05, 3.63) is 39.9 Å².